The van der Waals surface area contributed by atoms with Crippen LogP contribution in [-0.4, -0.2) is 20.5 Å². The minimum absolute atomic E-state index is 0.00334. The molecule has 1 N–H and O–H groups in total. The van der Waals surface area contributed by atoms with E-state index in [-0.39, 0.29) is 11.7 Å². The number of allylic oxidation sites excluding steroid dienone is 2. The molecular weight excluding hydrogens is 374 g/mol. The predicted molar refractivity (Wildman–Crippen MR) is 103 cm³/mol. The summed E-state index contributed by atoms with van der Waals surface area (Å²) < 4.78 is 29.4. The van der Waals surface area contributed by atoms with Crippen molar-refractivity contribution in [2.24, 2.45) is 5.92 Å². The number of anilines is 1. The Balaban J connectivity index is 1.62. The van der Waals surface area contributed by atoms with Crippen molar-refractivity contribution in [3.63, 3.8) is 0 Å². The summed E-state index contributed by atoms with van der Waals surface area (Å²) >= 11 is 0. The number of aromatic nitrogens is 3. The Labute approximate surface area is 166 Å². The number of carbonyl (C=O) groups is 1. The Morgan fingerprint density at radius 3 is 2.52 bits per heavy atom. The van der Waals surface area contributed by atoms with Gasteiger partial charge < -0.3 is 5.32 Å². The molecule has 29 heavy (non-hydrogen) atoms. The van der Waals surface area contributed by atoms with Gasteiger partial charge in [-0.25, -0.2) is 13.5 Å². The Morgan fingerprint density at radius 2 is 1.79 bits per heavy atom. The van der Waals surface area contributed by atoms with E-state index in [1.165, 1.54) is 23.1 Å². The van der Waals surface area contributed by atoms with E-state index in [1.807, 2.05) is 37.3 Å². The number of nitrogens with one attached hydrogen (secondary N) is 1. The molecule has 2 aromatic carbocycles. The molecule has 0 bridgehead atoms. The van der Waals surface area contributed by atoms with Crippen LogP contribution in [-0.2, 0) is 4.79 Å². The lowest BCUT2D eigenvalue weighted by Crippen LogP contribution is -2.40. The molecule has 2 aliphatic rings. The van der Waals surface area contributed by atoms with Crippen LogP contribution in [0.3, 0.4) is 0 Å². The van der Waals surface area contributed by atoms with Gasteiger partial charge in [0.2, 0.25) is 5.95 Å². The fourth-order valence-electron chi connectivity index (χ4n) is 4.28. The molecule has 1 aliphatic heterocycles. The normalized spacial score (nSPS) is 23.1. The van der Waals surface area contributed by atoms with Crippen LogP contribution in [0.25, 0.3) is 0 Å². The summed E-state index contributed by atoms with van der Waals surface area (Å²) in [6.07, 6.45) is 3.71. The smallest absolute Gasteiger partial charge is 0.226 e. The second-order valence-electron chi connectivity index (χ2n) is 7.59. The average molecular weight is 392 g/mol. The second kappa shape index (κ2) is 6.62. The first-order chi connectivity index (χ1) is 14.0. The quantitative estimate of drug-likeness (QED) is 0.712. The van der Waals surface area contributed by atoms with Gasteiger partial charge in [-0.15, -0.1) is 0 Å². The van der Waals surface area contributed by atoms with Gasteiger partial charge in [-0.3, -0.25) is 4.79 Å². The van der Waals surface area contributed by atoms with Crippen LogP contribution in [0.4, 0.5) is 14.7 Å². The zero-order valence-electron chi connectivity index (χ0n) is 15.6. The summed E-state index contributed by atoms with van der Waals surface area (Å²) in [6.45, 7) is 2.02. The number of aryl methyl sites for hydroxylation is 1. The number of ketones is 1. The number of hydrogen-bond acceptors (Lipinski definition) is 4. The molecule has 0 saturated carbocycles. The van der Waals surface area contributed by atoms with E-state index >= 15 is 0 Å². The number of halogens is 2. The molecule has 0 fully saturated rings. The number of rotatable bonds is 2. The van der Waals surface area contributed by atoms with Gasteiger partial charge in [-0.2, -0.15) is 10.1 Å². The number of benzene rings is 2. The maximum Gasteiger partial charge on any atom is 0.226 e. The molecule has 7 heteroatoms. The fourth-order valence-corrected chi connectivity index (χ4v) is 4.28. The van der Waals surface area contributed by atoms with Gasteiger partial charge in [0.1, 0.15) is 23.7 Å². The first kappa shape index (κ1) is 17.7. The third-order valence-corrected chi connectivity index (χ3v) is 5.62. The highest BCUT2D eigenvalue weighted by Crippen LogP contribution is 2.44. The van der Waals surface area contributed by atoms with Crippen molar-refractivity contribution in [1.82, 2.24) is 14.8 Å². The molecule has 1 aromatic heterocycles. The summed E-state index contributed by atoms with van der Waals surface area (Å²) in [7, 11) is 0. The molecule has 0 unspecified atom stereocenters. The van der Waals surface area contributed by atoms with Gasteiger partial charge in [-0.05, 0) is 30.2 Å². The molecule has 0 amide bonds. The molecule has 0 radical (unpaired) electrons. The Hall–Kier alpha value is -3.35. The lowest BCUT2D eigenvalue weighted by atomic mass is 9.75. The standard InChI is InChI=1S/C22H18F2N4O/c1-12-2-4-13(5-3-12)14-8-18-20(19(29)9-14)21(28-22(27-18)25-11-26-28)15-6-16(23)10-17(24)7-15/h2-8,10-11,14,20-21H,9H2,1H3,(H,25,26,27)/t14-,20-,21-/m0/s1. The molecule has 0 spiro atoms. The zero-order valence-corrected chi connectivity index (χ0v) is 15.6. The third-order valence-electron chi connectivity index (χ3n) is 5.62. The van der Waals surface area contributed by atoms with Crippen molar-refractivity contribution in [2.45, 2.75) is 25.3 Å². The lowest BCUT2D eigenvalue weighted by molar-refractivity contribution is -0.123. The number of nitrogens with zero attached hydrogens (tertiary/aromatic N) is 3. The summed E-state index contributed by atoms with van der Waals surface area (Å²) in [5.41, 5.74) is 3.26. The average Bonchev–Trinajstić information content (AvgIpc) is 3.14. The number of fused-ring (bicyclic) bond motifs is 2. The van der Waals surface area contributed by atoms with Crippen LogP contribution in [0.5, 0.6) is 0 Å². The Bertz CT molecular complexity index is 1120. The molecule has 1 aliphatic carbocycles. The van der Waals surface area contributed by atoms with Gasteiger partial charge in [0.15, 0.2) is 0 Å². The van der Waals surface area contributed by atoms with Crippen molar-refractivity contribution < 1.29 is 13.6 Å². The largest absolute Gasteiger partial charge is 0.328 e. The fraction of sp³-hybridized carbons (Fsp3) is 0.227. The molecule has 146 valence electrons. The lowest BCUT2D eigenvalue weighted by Gasteiger charge is -2.38. The topological polar surface area (TPSA) is 59.8 Å². The molecular formula is C22H18F2N4O. The molecule has 5 rings (SSSR count). The Kier molecular flexibility index (Phi) is 4.04. The van der Waals surface area contributed by atoms with Crippen molar-refractivity contribution in [1.29, 1.82) is 0 Å². The molecule has 3 aromatic rings. The van der Waals surface area contributed by atoms with Gasteiger partial charge in [-0.1, -0.05) is 35.9 Å². The van der Waals surface area contributed by atoms with E-state index in [4.69, 9.17) is 0 Å². The van der Waals surface area contributed by atoms with Gasteiger partial charge in [0.25, 0.3) is 0 Å². The first-order valence-corrected chi connectivity index (χ1v) is 9.43. The van der Waals surface area contributed by atoms with Crippen molar-refractivity contribution in [3.05, 3.63) is 88.9 Å². The number of hydrogen-bond donors (Lipinski definition) is 1. The highest BCUT2D eigenvalue weighted by Gasteiger charge is 2.43. The van der Waals surface area contributed by atoms with E-state index in [1.54, 1.807) is 0 Å². The summed E-state index contributed by atoms with van der Waals surface area (Å²) in [4.78, 5) is 17.4. The minimum atomic E-state index is -0.688. The predicted octanol–water partition coefficient (Wildman–Crippen LogP) is 4.14. The van der Waals surface area contributed by atoms with E-state index in [0.29, 0.717) is 23.6 Å². The molecule has 3 atom stereocenters. The van der Waals surface area contributed by atoms with E-state index in [0.717, 1.165) is 17.2 Å². The maximum atomic E-state index is 13.9. The van der Waals surface area contributed by atoms with Crippen LogP contribution in [0, 0.1) is 24.5 Å². The first-order valence-electron chi connectivity index (χ1n) is 9.43. The highest BCUT2D eigenvalue weighted by atomic mass is 19.1. The SMILES string of the molecule is Cc1ccc([C@H]2C=C3Nc4ncnn4[C@@H](c4cc(F)cc(F)c4)[C@@H]3C(=O)C2)cc1. The number of carbonyl (C=O) groups excluding carboxylic acids is 1. The summed E-state index contributed by atoms with van der Waals surface area (Å²) in [5, 5.41) is 7.40. The summed E-state index contributed by atoms with van der Waals surface area (Å²) in [5.74, 6) is -1.61. The molecule has 5 nitrogen and oxygen atoms in total. The van der Waals surface area contributed by atoms with Crippen LogP contribution < -0.4 is 5.32 Å². The van der Waals surface area contributed by atoms with Gasteiger partial charge in [0, 0.05) is 24.1 Å². The molecule has 2 heterocycles. The Morgan fingerprint density at radius 1 is 1.07 bits per heavy atom. The maximum absolute atomic E-state index is 13.9. The van der Waals surface area contributed by atoms with Crippen molar-refractivity contribution in [2.75, 3.05) is 5.32 Å². The number of Topliss-reactive ketones (excluding diaryl/α,β-unsaturated/α-hetero) is 1. The highest BCUT2D eigenvalue weighted by molar-refractivity contribution is 5.88. The van der Waals surface area contributed by atoms with E-state index < -0.39 is 23.6 Å². The molecule has 0 saturated heterocycles. The van der Waals surface area contributed by atoms with Gasteiger partial charge >= 0.3 is 0 Å². The van der Waals surface area contributed by atoms with Gasteiger partial charge in [0.05, 0.1) is 12.0 Å². The van der Waals surface area contributed by atoms with Crippen molar-refractivity contribution in [3.8, 4) is 0 Å². The monoisotopic (exact) mass is 392 g/mol. The van der Waals surface area contributed by atoms with Crippen LogP contribution >= 0.6 is 0 Å². The minimum Gasteiger partial charge on any atom is -0.328 e. The van der Waals surface area contributed by atoms with Crippen molar-refractivity contribution >= 4 is 11.7 Å². The van der Waals surface area contributed by atoms with Crippen LogP contribution in [0.15, 0.2) is 60.6 Å². The van der Waals surface area contributed by atoms with Crippen LogP contribution in [0.2, 0.25) is 0 Å². The van der Waals surface area contributed by atoms with E-state index in [2.05, 4.69) is 15.4 Å². The third kappa shape index (κ3) is 3.03. The van der Waals surface area contributed by atoms with Crippen LogP contribution in [0.1, 0.15) is 35.1 Å². The zero-order chi connectivity index (χ0) is 20.1. The second-order valence-corrected chi connectivity index (χ2v) is 7.59. The summed E-state index contributed by atoms with van der Waals surface area (Å²) in [6, 6.07) is 10.8. The van der Waals surface area contributed by atoms with E-state index in [9.17, 15) is 13.6 Å².